The number of Topliss-reactive ketones (excluding diaryl/α,β-unsaturated/α-hetero) is 1. The number of hydrogen-bond donors (Lipinski definition) is 0. The maximum Gasteiger partial charge on any atom is 0.137 e. The quantitative estimate of drug-likeness (QED) is 0.854. The second kappa shape index (κ2) is 5.74. The van der Waals surface area contributed by atoms with Crippen LogP contribution in [0, 0.1) is 11.7 Å². The summed E-state index contributed by atoms with van der Waals surface area (Å²) in [6.45, 7) is 1.46. The molecule has 2 nitrogen and oxygen atoms in total. The van der Waals surface area contributed by atoms with Crippen LogP contribution in [0.3, 0.4) is 0 Å². The predicted octanol–water partition coefficient (Wildman–Crippen LogP) is 3.13. The van der Waals surface area contributed by atoms with Gasteiger partial charge in [-0.15, -0.1) is 0 Å². The van der Waals surface area contributed by atoms with E-state index in [1.54, 1.807) is 12.1 Å². The zero-order valence-corrected chi connectivity index (χ0v) is 11.0. The fourth-order valence-corrected chi connectivity index (χ4v) is 2.44. The van der Waals surface area contributed by atoms with Crippen LogP contribution in [-0.4, -0.2) is 19.0 Å². The largest absolute Gasteiger partial charge is 0.381 e. The van der Waals surface area contributed by atoms with E-state index in [-0.39, 0.29) is 11.6 Å². The standard InChI is InChI=1S/C13H14BrFO2/c14-12-7-9(1-2-13(12)15)5-11(16)6-10-3-4-17-8-10/h1-2,7,10H,3-6,8H2. The Bertz CT molecular complexity index is 414. The highest BCUT2D eigenvalue weighted by Gasteiger charge is 2.19. The van der Waals surface area contributed by atoms with E-state index in [4.69, 9.17) is 4.74 Å². The molecule has 1 aromatic carbocycles. The van der Waals surface area contributed by atoms with Crippen LogP contribution < -0.4 is 0 Å². The SMILES string of the molecule is O=C(Cc1ccc(F)c(Br)c1)CC1CCOC1. The molecule has 92 valence electrons. The molecule has 17 heavy (non-hydrogen) atoms. The number of ketones is 1. The average Bonchev–Trinajstić information content (AvgIpc) is 2.76. The first-order chi connectivity index (χ1) is 8.15. The van der Waals surface area contributed by atoms with Crippen LogP contribution in [0.25, 0.3) is 0 Å². The molecular formula is C13H14BrFO2. The van der Waals surface area contributed by atoms with Gasteiger partial charge in [-0.05, 0) is 46.0 Å². The van der Waals surface area contributed by atoms with Gasteiger partial charge in [0.2, 0.25) is 0 Å². The number of halogens is 2. The van der Waals surface area contributed by atoms with Crippen molar-refractivity contribution in [3.05, 3.63) is 34.1 Å². The Hall–Kier alpha value is -0.740. The summed E-state index contributed by atoms with van der Waals surface area (Å²) in [5.74, 6) is 0.260. The molecule has 0 aromatic heterocycles. The Morgan fingerprint density at radius 1 is 1.53 bits per heavy atom. The Balaban J connectivity index is 1.90. The van der Waals surface area contributed by atoms with Crippen molar-refractivity contribution in [2.75, 3.05) is 13.2 Å². The van der Waals surface area contributed by atoms with E-state index >= 15 is 0 Å². The number of carbonyl (C=O) groups is 1. The van der Waals surface area contributed by atoms with E-state index in [1.165, 1.54) is 6.07 Å². The molecule has 0 spiro atoms. The number of ether oxygens (including phenoxy) is 1. The summed E-state index contributed by atoms with van der Waals surface area (Å²) in [6.07, 6.45) is 1.91. The topological polar surface area (TPSA) is 26.3 Å². The normalized spacial score (nSPS) is 19.5. The maximum atomic E-state index is 13.0. The van der Waals surface area contributed by atoms with Crippen molar-refractivity contribution in [3.63, 3.8) is 0 Å². The van der Waals surface area contributed by atoms with Crippen LogP contribution in [0.2, 0.25) is 0 Å². The van der Waals surface area contributed by atoms with Gasteiger partial charge in [0.05, 0.1) is 4.47 Å². The average molecular weight is 301 g/mol. The Morgan fingerprint density at radius 3 is 3.00 bits per heavy atom. The van der Waals surface area contributed by atoms with E-state index in [1.807, 2.05) is 0 Å². The van der Waals surface area contributed by atoms with Crippen molar-refractivity contribution in [1.29, 1.82) is 0 Å². The third-order valence-electron chi connectivity index (χ3n) is 2.93. The van der Waals surface area contributed by atoms with Crippen molar-refractivity contribution < 1.29 is 13.9 Å². The predicted molar refractivity (Wildman–Crippen MR) is 66.4 cm³/mol. The van der Waals surface area contributed by atoms with Crippen LogP contribution >= 0.6 is 15.9 Å². The lowest BCUT2D eigenvalue weighted by Crippen LogP contribution is -2.10. The second-order valence-corrected chi connectivity index (χ2v) is 5.25. The molecule has 1 atom stereocenters. The summed E-state index contributed by atoms with van der Waals surface area (Å²) >= 11 is 3.12. The first-order valence-corrected chi connectivity index (χ1v) is 6.48. The molecular weight excluding hydrogens is 287 g/mol. The smallest absolute Gasteiger partial charge is 0.137 e. The summed E-state index contributed by atoms with van der Waals surface area (Å²) < 4.78 is 18.7. The zero-order valence-electron chi connectivity index (χ0n) is 9.42. The minimum absolute atomic E-state index is 0.194. The van der Waals surface area contributed by atoms with Crippen LogP contribution in [-0.2, 0) is 16.0 Å². The minimum Gasteiger partial charge on any atom is -0.381 e. The van der Waals surface area contributed by atoms with E-state index in [2.05, 4.69) is 15.9 Å². The second-order valence-electron chi connectivity index (χ2n) is 4.40. The first kappa shape index (κ1) is 12.7. The Kier molecular flexibility index (Phi) is 4.29. The van der Waals surface area contributed by atoms with Gasteiger partial charge in [0.1, 0.15) is 11.6 Å². The first-order valence-electron chi connectivity index (χ1n) is 5.68. The molecule has 1 aromatic rings. The highest BCUT2D eigenvalue weighted by molar-refractivity contribution is 9.10. The Labute approximate surface area is 108 Å². The van der Waals surface area contributed by atoms with E-state index < -0.39 is 0 Å². The molecule has 2 rings (SSSR count). The number of rotatable bonds is 4. The van der Waals surface area contributed by atoms with Gasteiger partial charge in [0, 0.05) is 26.1 Å². The summed E-state index contributed by atoms with van der Waals surface area (Å²) in [5, 5.41) is 0. The summed E-state index contributed by atoms with van der Waals surface area (Å²) in [4.78, 5) is 11.8. The van der Waals surface area contributed by atoms with Crippen LogP contribution in [0.15, 0.2) is 22.7 Å². The molecule has 1 heterocycles. The fourth-order valence-electron chi connectivity index (χ4n) is 2.02. The molecule has 1 aliphatic heterocycles. The summed E-state index contributed by atoms with van der Waals surface area (Å²) in [6, 6.07) is 4.70. The monoisotopic (exact) mass is 300 g/mol. The van der Waals surface area contributed by atoms with Gasteiger partial charge in [-0.1, -0.05) is 6.07 Å². The summed E-state index contributed by atoms with van der Waals surface area (Å²) in [7, 11) is 0. The maximum absolute atomic E-state index is 13.0. The van der Waals surface area contributed by atoms with Crippen molar-refractivity contribution in [2.45, 2.75) is 19.3 Å². The summed E-state index contributed by atoms with van der Waals surface area (Å²) in [5.41, 5.74) is 0.849. The van der Waals surface area contributed by atoms with Crippen molar-refractivity contribution >= 4 is 21.7 Å². The van der Waals surface area contributed by atoms with Gasteiger partial charge < -0.3 is 4.74 Å². The highest BCUT2D eigenvalue weighted by Crippen LogP contribution is 2.20. The molecule has 0 saturated carbocycles. The van der Waals surface area contributed by atoms with Gasteiger partial charge in [-0.3, -0.25) is 4.79 Å². The number of hydrogen-bond acceptors (Lipinski definition) is 2. The number of benzene rings is 1. The third kappa shape index (κ3) is 3.61. The molecule has 4 heteroatoms. The van der Waals surface area contributed by atoms with E-state index in [0.29, 0.717) is 29.8 Å². The van der Waals surface area contributed by atoms with Gasteiger partial charge in [-0.2, -0.15) is 0 Å². The molecule has 1 fully saturated rings. The van der Waals surface area contributed by atoms with E-state index in [9.17, 15) is 9.18 Å². The zero-order chi connectivity index (χ0) is 12.3. The van der Waals surface area contributed by atoms with Gasteiger partial charge >= 0.3 is 0 Å². The number of carbonyl (C=O) groups excluding carboxylic acids is 1. The lowest BCUT2D eigenvalue weighted by Gasteiger charge is -2.06. The molecule has 0 bridgehead atoms. The molecule has 0 aliphatic carbocycles. The minimum atomic E-state index is -0.301. The lowest BCUT2D eigenvalue weighted by molar-refractivity contribution is -0.119. The van der Waals surface area contributed by atoms with Crippen LogP contribution in [0.5, 0.6) is 0 Å². The third-order valence-corrected chi connectivity index (χ3v) is 3.53. The van der Waals surface area contributed by atoms with Crippen molar-refractivity contribution in [1.82, 2.24) is 0 Å². The lowest BCUT2D eigenvalue weighted by atomic mass is 9.98. The molecule has 1 aliphatic rings. The fraction of sp³-hybridized carbons (Fsp3) is 0.462. The van der Waals surface area contributed by atoms with E-state index in [0.717, 1.165) is 18.6 Å². The van der Waals surface area contributed by atoms with Crippen molar-refractivity contribution in [3.8, 4) is 0 Å². The van der Waals surface area contributed by atoms with Crippen LogP contribution in [0.1, 0.15) is 18.4 Å². The molecule has 1 saturated heterocycles. The molecule has 0 amide bonds. The van der Waals surface area contributed by atoms with Gasteiger partial charge in [0.25, 0.3) is 0 Å². The van der Waals surface area contributed by atoms with Crippen LogP contribution in [0.4, 0.5) is 4.39 Å². The highest BCUT2D eigenvalue weighted by atomic mass is 79.9. The van der Waals surface area contributed by atoms with Gasteiger partial charge in [0.15, 0.2) is 0 Å². The molecule has 0 N–H and O–H groups in total. The van der Waals surface area contributed by atoms with Gasteiger partial charge in [-0.25, -0.2) is 4.39 Å². The Morgan fingerprint density at radius 2 is 2.35 bits per heavy atom. The van der Waals surface area contributed by atoms with Crippen molar-refractivity contribution in [2.24, 2.45) is 5.92 Å². The molecule has 0 radical (unpaired) electrons. The molecule has 1 unspecified atom stereocenters.